The lowest BCUT2D eigenvalue weighted by Crippen LogP contribution is -2.55. The van der Waals surface area contributed by atoms with Crippen LogP contribution < -0.4 is 5.32 Å². The van der Waals surface area contributed by atoms with Crippen molar-refractivity contribution in [1.29, 1.82) is 0 Å². The number of carbonyl (C=O) groups excluding carboxylic acids is 1. The van der Waals surface area contributed by atoms with Gasteiger partial charge in [0.15, 0.2) is 0 Å². The Bertz CT molecular complexity index is 628. The van der Waals surface area contributed by atoms with Crippen molar-refractivity contribution in [3.8, 4) is 0 Å². The van der Waals surface area contributed by atoms with Crippen LogP contribution in [0.2, 0.25) is 0 Å². The highest BCUT2D eigenvalue weighted by atomic mass is 19.1. The summed E-state index contributed by atoms with van der Waals surface area (Å²) < 4.78 is 18.8. The third kappa shape index (κ3) is 2.96. The highest BCUT2D eigenvalue weighted by Crippen LogP contribution is 2.48. The SMILES string of the molecule is O=C1NC[C@H](c2ccc(F)cc2)C12CCN(C1COCCC1O)CC2. The van der Waals surface area contributed by atoms with Gasteiger partial charge in [-0.1, -0.05) is 12.1 Å². The summed E-state index contributed by atoms with van der Waals surface area (Å²) in [6, 6.07) is 6.56. The number of aliphatic hydroxyl groups excluding tert-OH is 1. The average molecular weight is 348 g/mol. The highest BCUT2D eigenvalue weighted by Gasteiger charge is 2.52. The number of nitrogens with one attached hydrogen (secondary N) is 1. The van der Waals surface area contributed by atoms with Crippen LogP contribution >= 0.6 is 0 Å². The molecule has 3 atom stereocenters. The van der Waals surface area contributed by atoms with Crippen LogP contribution in [0.25, 0.3) is 0 Å². The predicted molar refractivity (Wildman–Crippen MR) is 90.6 cm³/mol. The molecule has 0 bridgehead atoms. The molecule has 0 aromatic heterocycles. The lowest BCUT2D eigenvalue weighted by Gasteiger charge is -2.45. The normalized spacial score (nSPS) is 32.7. The van der Waals surface area contributed by atoms with Crippen LogP contribution in [0.3, 0.4) is 0 Å². The van der Waals surface area contributed by atoms with Crippen molar-refractivity contribution in [1.82, 2.24) is 10.2 Å². The van der Waals surface area contributed by atoms with Crippen LogP contribution in [0.15, 0.2) is 24.3 Å². The molecule has 1 spiro atoms. The average Bonchev–Trinajstić information content (AvgIpc) is 2.94. The van der Waals surface area contributed by atoms with Crippen molar-refractivity contribution in [2.45, 2.75) is 37.3 Å². The van der Waals surface area contributed by atoms with Crippen LogP contribution in [0.5, 0.6) is 0 Å². The first-order chi connectivity index (χ1) is 12.1. The second kappa shape index (κ2) is 6.67. The van der Waals surface area contributed by atoms with E-state index >= 15 is 0 Å². The third-order valence-corrected chi connectivity index (χ3v) is 6.31. The molecule has 1 aromatic carbocycles. The van der Waals surface area contributed by atoms with Gasteiger partial charge in [0.2, 0.25) is 5.91 Å². The Morgan fingerprint density at radius 3 is 2.64 bits per heavy atom. The first kappa shape index (κ1) is 16.9. The molecule has 1 amide bonds. The van der Waals surface area contributed by atoms with Gasteiger partial charge < -0.3 is 15.2 Å². The summed E-state index contributed by atoms with van der Waals surface area (Å²) in [6.07, 6.45) is 1.83. The highest BCUT2D eigenvalue weighted by molar-refractivity contribution is 5.86. The maximum Gasteiger partial charge on any atom is 0.227 e. The Morgan fingerprint density at radius 1 is 1.24 bits per heavy atom. The minimum absolute atomic E-state index is 0.0276. The number of aliphatic hydroxyl groups is 1. The molecule has 3 aliphatic rings. The van der Waals surface area contributed by atoms with Gasteiger partial charge in [-0.25, -0.2) is 4.39 Å². The fourth-order valence-electron chi connectivity index (χ4n) is 4.75. The van der Waals surface area contributed by atoms with Crippen LogP contribution in [0.4, 0.5) is 4.39 Å². The fourth-order valence-corrected chi connectivity index (χ4v) is 4.75. The monoisotopic (exact) mass is 348 g/mol. The number of hydrogen-bond donors (Lipinski definition) is 2. The molecule has 6 heteroatoms. The van der Waals surface area contributed by atoms with Crippen molar-refractivity contribution < 1.29 is 19.0 Å². The van der Waals surface area contributed by atoms with E-state index in [9.17, 15) is 14.3 Å². The van der Waals surface area contributed by atoms with E-state index in [0.717, 1.165) is 31.5 Å². The van der Waals surface area contributed by atoms with E-state index < -0.39 is 5.41 Å². The number of carbonyl (C=O) groups is 1. The number of piperidine rings is 1. The van der Waals surface area contributed by atoms with Gasteiger partial charge in [-0.2, -0.15) is 0 Å². The molecular formula is C19H25FN2O3. The van der Waals surface area contributed by atoms with E-state index in [2.05, 4.69) is 10.2 Å². The summed E-state index contributed by atoms with van der Waals surface area (Å²) >= 11 is 0. The van der Waals surface area contributed by atoms with E-state index in [1.54, 1.807) is 12.1 Å². The Morgan fingerprint density at radius 2 is 1.96 bits per heavy atom. The number of nitrogens with zero attached hydrogens (tertiary/aromatic N) is 1. The maximum absolute atomic E-state index is 13.3. The lowest BCUT2D eigenvalue weighted by atomic mass is 9.67. The number of hydrogen-bond acceptors (Lipinski definition) is 4. The molecular weight excluding hydrogens is 323 g/mol. The van der Waals surface area contributed by atoms with Crippen LogP contribution in [-0.4, -0.2) is 60.9 Å². The van der Waals surface area contributed by atoms with Crippen molar-refractivity contribution in [3.63, 3.8) is 0 Å². The predicted octanol–water partition coefficient (Wildman–Crippen LogP) is 1.27. The van der Waals surface area contributed by atoms with E-state index in [0.29, 0.717) is 26.2 Å². The fraction of sp³-hybridized carbons (Fsp3) is 0.632. The number of benzene rings is 1. The smallest absolute Gasteiger partial charge is 0.227 e. The van der Waals surface area contributed by atoms with Gasteiger partial charge in [-0.3, -0.25) is 9.69 Å². The molecule has 3 heterocycles. The molecule has 5 nitrogen and oxygen atoms in total. The largest absolute Gasteiger partial charge is 0.391 e. The number of halogens is 1. The molecule has 0 aliphatic carbocycles. The summed E-state index contributed by atoms with van der Waals surface area (Å²) in [5.74, 6) is -0.0617. The van der Waals surface area contributed by atoms with Crippen LogP contribution in [0.1, 0.15) is 30.7 Å². The lowest BCUT2D eigenvalue weighted by molar-refractivity contribution is -0.132. The molecule has 2 unspecified atom stereocenters. The second-order valence-corrected chi connectivity index (χ2v) is 7.50. The molecule has 4 rings (SSSR count). The minimum Gasteiger partial charge on any atom is -0.391 e. The van der Waals surface area contributed by atoms with Crippen molar-refractivity contribution in [2.75, 3.05) is 32.8 Å². The van der Waals surface area contributed by atoms with E-state index in [4.69, 9.17) is 4.74 Å². The molecule has 25 heavy (non-hydrogen) atoms. The Hall–Kier alpha value is -1.50. The maximum atomic E-state index is 13.3. The van der Waals surface area contributed by atoms with Gasteiger partial charge >= 0.3 is 0 Å². The second-order valence-electron chi connectivity index (χ2n) is 7.50. The molecule has 2 N–H and O–H groups in total. The van der Waals surface area contributed by atoms with Gasteiger partial charge in [0.05, 0.1) is 24.2 Å². The third-order valence-electron chi connectivity index (χ3n) is 6.31. The number of rotatable bonds is 2. The standard InChI is InChI=1S/C19H25FN2O3/c20-14-3-1-13(2-4-14)15-11-21-18(24)19(15)6-8-22(9-7-19)16-12-25-10-5-17(16)23/h1-4,15-17,23H,5-12H2,(H,21,24)/t15-,16?,17?/m1/s1. The summed E-state index contributed by atoms with van der Waals surface area (Å²) in [6.45, 7) is 3.33. The number of ether oxygens (including phenoxy) is 1. The van der Waals surface area contributed by atoms with Crippen molar-refractivity contribution in [3.05, 3.63) is 35.6 Å². The molecule has 1 aromatic rings. The molecule has 3 aliphatic heterocycles. The van der Waals surface area contributed by atoms with Gasteiger partial charge in [-0.05, 0) is 50.0 Å². The quantitative estimate of drug-likeness (QED) is 0.845. The zero-order valence-electron chi connectivity index (χ0n) is 14.3. The van der Waals surface area contributed by atoms with Gasteiger partial charge in [-0.15, -0.1) is 0 Å². The Balaban J connectivity index is 1.51. The van der Waals surface area contributed by atoms with Gasteiger partial charge in [0.1, 0.15) is 5.82 Å². The molecule has 3 saturated heterocycles. The molecule has 0 radical (unpaired) electrons. The van der Waals surface area contributed by atoms with E-state index in [1.165, 1.54) is 12.1 Å². The number of amides is 1. The Kier molecular flexibility index (Phi) is 4.52. The zero-order valence-corrected chi connectivity index (χ0v) is 14.3. The molecule has 0 saturated carbocycles. The minimum atomic E-state index is -0.422. The molecule has 3 fully saturated rings. The summed E-state index contributed by atoms with van der Waals surface area (Å²) in [7, 11) is 0. The van der Waals surface area contributed by atoms with Crippen molar-refractivity contribution >= 4 is 5.91 Å². The van der Waals surface area contributed by atoms with Gasteiger partial charge in [0.25, 0.3) is 0 Å². The Labute approximate surface area is 147 Å². The first-order valence-electron chi connectivity index (χ1n) is 9.14. The van der Waals surface area contributed by atoms with Crippen LogP contribution in [-0.2, 0) is 9.53 Å². The number of likely N-dealkylation sites (tertiary alicyclic amines) is 1. The summed E-state index contributed by atoms with van der Waals surface area (Å²) in [4.78, 5) is 14.9. The van der Waals surface area contributed by atoms with E-state index in [-0.39, 0.29) is 29.8 Å². The molecule has 136 valence electrons. The van der Waals surface area contributed by atoms with E-state index in [1.807, 2.05) is 0 Å². The first-order valence-corrected chi connectivity index (χ1v) is 9.14. The van der Waals surface area contributed by atoms with Gasteiger partial charge in [0, 0.05) is 19.1 Å². The topological polar surface area (TPSA) is 61.8 Å². The summed E-state index contributed by atoms with van der Waals surface area (Å²) in [5.41, 5.74) is 0.601. The summed E-state index contributed by atoms with van der Waals surface area (Å²) in [5, 5.41) is 13.3. The zero-order chi connectivity index (χ0) is 17.4. The van der Waals surface area contributed by atoms with Crippen molar-refractivity contribution in [2.24, 2.45) is 5.41 Å². The van der Waals surface area contributed by atoms with Crippen LogP contribution in [0, 0.1) is 11.2 Å².